The van der Waals surface area contributed by atoms with Gasteiger partial charge in [-0.25, -0.2) is 4.68 Å². The van der Waals surface area contributed by atoms with Crippen molar-refractivity contribution >= 4 is 17.5 Å². The second-order valence-electron chi connectivity index (χ2n) is 5.76. The molecular formula is C18H20ClN5O2. The van der Waals surface area contributed by atoms with Crippen LogP contribution in [0.5, 0.6) is 5.75 Å². The number of hydrogen-bond donors (Lipinski definition) is 1. The highest BCUT2D eigenvalue weighted by Crippen LogP contribution is 2.12. The standard InChI is InChI=1S/C18H20ClN5O2/c1-14-16(19)12-23(21-14)10-5-9-20-18(25)17-8-11-24(22-17)13-26-15-6-3-2-4-7-15/h2-4,6-8,11-12H,5,9-10,13H2,1H3,(H,20,25). The summed E-state index contributed by atoms with van der Waals surface area (Å²) in [7, 11) is 0. The number of hydrogen-bond acceptors (Lipinski definition) is 4. The van der Waals surface area contributed by atoms with E-state index in [0.717, 1.165) is 17.9 Å². The molecule has 136 valence electrons. The van der Waals surface area contributed by atoms with Crippen molar-refractivity contribution in [3.63, 3.8) is 0 Å². The van der Waals surface area contributed by atoms with Gasteiger partial charge in [0.2, 0.25) is 0 Å². The van der Waals surface area contributed by atoms with Crippen LogP contribution < -0.4 is 10.1 Å². The average molecular weight is 374 g/mol. The molecule has 0 atom stereocenters. The lowest BCUT2D eigenvalue weighted by Crippen LogP contribution is -2.26. The van der Waals surface area contributed by atoms with Crippen LogP contribution in [0.2, 0.25) is 5.02 Å². The van der Waals surface area contributed by atoms with Crippen LogP contribution in [-0.4, -0.2) is 32.0 Å². The van der Waals surface area contributed by atoms with Crippen molar-refractivity contribution < 1.29 is 9.53 Å². The monoisotopic (exact) mass is 373 g/mol. The molecule has 0 aliphatic rings. The Labute approximate surface area is 156 Å². The summed E-state index contributed by atoms with van der Waals surface area (Å²) in [6.07, 6.45) is 4.25. The smallest absolute Gasteiger partial charge is 0.271 e. The Bertz CT molecular complexity index is 840. The molecule has 0 aliphatic carbocycles. The van der Waals surface area contributed by atoms with Gasteiger partial charge in [0.05, 0.1) is 10.7 Å². The van der Waals surface area contributed by atoms with E-state index in [-0.39, 0.29) is 12.6 Å². The Morgan fingerprint density at radius 1 is 1.19 bits per heavy atom. The van der Waals surface area contributed by atoms with Crippen LogP contribution in [0.15, 0.2) is 48.8 Å². The fourth-order valence-electron chi connectivity index (χ4n) is 2.35. The molecule has 0 fully saturated rings. The summed E-state index contributed by atoms with van der Waals surface area (Å²) >= 11 is 5.97. The fraction of sp³-hybridized carbons (Fsp3) is 0.278. The topological polar surface area (TPSA) is 74.0 Å². The molecule has 1 aromatic carbocycles. The Hall–Kier alpha value is -2.80. The summed E-state index contributed by atoms with van der Waals surface area (Å²) in [4.78, 5) is 12.1. The quantitative estimate of drug-likeness (QED) is 0.616. The molecular weight excluding hydrogens is 354 g/mol. The Morgan fingerprint density at radius 3 is 2.73 bits per heavy atom. The summed E-state index contributed by atoms with van der Waals surface area (Å²) in [5.74, 6) is 0.543. The number of nitrogens with one attached hydrogen (secondary N) is 1. The van der Waals surface area contributed by atoms with Crippen molar-refractivity contribution in [1.29, 1.82) is 0 Å². The number of carbonyl (C=O) groups excluding carboxylic acids is 1. The van der Waals surface area contributed by atoms with E-state index in [2.05, 4.69) is 15.5 Å². The van der Waals surface area contributed by atoms with E-state index in [9.17, 15) is 4.79 Å². The Morgan fingerprint density at radius 2 is 2.00 bits per heavy atom. The van der Waals surface area contributed by atoms with E-state index in [4.69, 9.17) is 16.3 Å². The highest BCUT2D eigenvalue weighted by atomic mass is 35.5. The summed E-state index contributed by atoms with van der Waals surface area (Å²) in [5.41, 5.74) is 1.17. The molecule has 3 rings (SSSR count). The van der Waals surface area contributed by atoms with Crippen molar-refractivity contribution in [3.8, 4) is 5.75 Å². The van der Waals surface area contributed by atoms with Crippen LogP contribution in [-0.2, 0) is 13.3 Å². The van der Waals surface area contributed by atoms with Crippen LogP contribution in [0.1, 0.15) is 22.6 Å². The van der Waals surface area contributed by atoms with Gasteiger partial charge in [0.1, 0.15) is 11.4 Å². The minimum absolute atomic E-state index is 0.210. The number of carbonyl (C=O) groups is 1. The molecule has 0 unspecified atom stereocenters. The molecule has 7 nitrogen and oxygen atoms in total. The van der Waals surface area contributed by atoms with E-state index in [0.29, 0.717) is 23.8 Å². The fourth-order valence-corrected chi connectivity index (χ4v) is 2.50. The zero-order valence-corrected chi connectivity index (χ0v) is 15.2. The normalized spacial score (nSPS) is 10.7. The van der Waals surface area contributed by atoms with Gasteiger partial charge in [-0.3, -0.25) is 9.48 Å². The minimum Gasteiger partial charge on any atom is -0.471 e. The summed E-state index contributed by atoms with van der Waals surface area (Å²) < 4.78 is 8.95. The van der Waals surface area contributed by atoms with E-state index in [1.165, 1.54) is 0 Å². The molecule has 0 radical (unpaired) electrons. The van der Waals surface area contributed by atoms with Gasteiger partial charge >= 0.3 is 0 Å². The van der Waals surface area contributed by atoms with Gasteiger partial charge in [-0.05, 0) is 31.5 Å². The van der Waals surface area contributed by atoms with Gasteiger partial charge in [-0.15, -0.1) is 0 Å². The van der Waals surface area contributed by atoms with Crippen LogP contribution in [0.4, 0.5) is 0 Å². The summed E-state index contributed by atoms with van der Waals surface area (Å²) in [5, 5.41) is 12.0. The molecule has 2 heterocycles. The van der Waals surface area contributed by atoms with Crippen molar-refractivity contribution in [3.05, 3.63) is 65.2 Å². The predicted octanol–water partition coefficient (Wildman–Crippen LogP) is 2.90. The summed E-state index contributed by atoms with van der Waals surface area (Å²) in [6.45, 7) is 3.32. The molecule has 0 spiro atoms. The highest BCUT2D eigenvalue weighted by Gasteiger charge is 2.09. The summed E-state index contributed by atoms with van der Waals surface area (Å²) in [6, 6.07) is 11.1. The maximum Gasteiger partial charge on any atom is 0.271 e. The van der Waals surface area contributed by atoms with E-state index < -0.39 is 0 Å². The lowest BCUT2D eigenvalue weighted by molar-refractivity contribution is 0.0945. The van der Waals surface area contributed by atoms with Crippen LogP contribution in [0.25, 0.3) is 0 Å². The zero-order valence-electron chi connectivity index (χ0n) is 14.4. The average Bonchev–Trinajstić information content (AvgIpc) is 3.25. The maximum absolute atomic E-state index is 12.1. The first-order valence-corrected chi connectivity index (χ1v) is 8.68. The van der Waals surface area contributed by atoms with Gasteiger partial charge in [-0.1, -0.05) is 29.8 Å². The molecule has 3 aromatic rings. The first kappa shape index (κ1) is 18.0. The van der Waals surface area contributed by atoms with Crippen LogP contribution in [0.3, 0.4) is 0 Å². The van der Waals surface area contributed by atoms with Gasteiger partial charge < -0.3 is 10.1 Å². The molecule has 2 aromatic heterocycles. The Kier molecular flexibility index (Phi) is 5.91. The first-order valence-electron chi connectivity index (χ1n) is 8.31. The van der Waals surface area contributed by atoms with Crippen LogP contribution >= 0.6 is 11.6 Å². The zero-order chi connectivity index (χ0) is 18.4. The number of amides is 1. The SMILES string of the molecule is Cc1nn(CCCNC(=O)c2ccn(COc3ccccc3)n2)cc1Cl. The van der Waals surface area contributed by atoms with E-state index in [1.807, 2.05) is 37.3 Å². The Balaban J connectivity index is 1.41. The van der Waals surface area contributed by atoms with Crippen molar-refractivity contribution in [2.75, 3.05) is 6.54 Å². The number of aryl methyl sites for hydroxylation is 2. The van der Waals surface area contributed by atoms with Crippen molar-refractivity contribution in [1.82, 2.24) is 24.9 Å². The van der Waals surface area contributed by atoms with E-state index in [1.54, 1.807) is 27.8 Å². The van der Waals surface area contributed by atoms with Gasteiger partial charge in [0.25, 0.3) is 5.91 Å². The first-order chi connectivity index (χ1) is 12.6. The van der Waals surface area contributed by atoms with Gasteiger partial charge in [-0.2, -0.15) is 10.2 Å². The van der Waals surface area contributed by atoms with Gasteiger partial charge in [0, 0.05) is 25.5 Å². The maximum atomic E-state index is 12.1. The third-order valence-electron chi connectivity index (χ3n) is 3.72. The number of ether oxygens (including phenoxy) is 1. The second kappa shape index (κ2) is 8.53. The number of para-hydroxylation sites is 1. The number of halogens is 1. The number of rotatable bonds is 8. The van der Waals surface area contributed by atoms with Gasteiger partial charge in [0.15, 0.2) is 6.73 Å². The molecule has 0 saturated heterocycles. The molecule has 1 N–H and O–H groups in total. The van der Waals surface area contributed by atoms with Crippen molar-refractivity contribution in [2.24, 2.45) is 0 Å². The highest BCUT2D eigenvalue weighted by molar-refractivity contribution is 6.31. The molecule has 1 amide bonds. The largest absolute Gasteiger partial charge is 0.471 e. The predicted molar refractivity (Wildman–Crippen MR) is 98.2 cm³/mol. The molecule has 26 heavy (non-hydrogen) atoms. The molecule has 0 bridgehead atoms. The van der Waals surface area contributed by atoms with E-state index >= 15 is 0 Å². The van der Waals surface area contributed by atoms with Crippen molar-refractivity contribution in [2.45, 2.75) is 26.6 Å². The second-order valence-corrected chi connectivity index (χ2v) is 6.17. The molecule has 0 saturated carbocycles. The minimum atomic E-state index is -0.210. The lowest BCUT2D eigenvalue weighted by Gasteiger charge is -2.06. The number of nitrogens with zero attached hydrogens (tertiary/aromatic N) is 4. The number of benzene rings is 1. The third-order valence-corrected chi connectivity index (χ3v) is 4.09. The third kappa shape index (κ3) is 4.86. The van der Waals surface area contributed by atoms with Crippen LogP contribution in [0, 0.1) is 6.92 Å². The lowest BCUT2D eigenvalue weighted by atomic mass is 10.3. The number of aromatic nitrogens is 4. The molecule has 0 aliphatic heterocycles. The molecule has 8 heteroatoms.